The van der Waals surface area contributed by atoms with Gasteiger partial charge in [-0.2, -0.15) is 0 Å². The van der Waals surface area contributed by atoms with Crippen molar-refractivity contribution in [2.75, 3.05) is 26.3 Å². The number of amides is 1. The van der Waals surface area contributed by atoms with Gasteiger partial charge >= 0.3 is 0 Å². The zero-order chi connectivity index (χ0) is 21.5. The third-order valence-electron chi connectivity index (χ3n) is 4.59. The van der Waals surface area contributed by atoms with Crippen LogP contribution in [0.5, 0.6) is 5.75 Å². The molecule has 0 aliphatic carbocycles. The molecule has 8 heteroatoms. The molecule has 0 bridgehead atoms. The van der Waals surface area contributed by atoms with Gasteiger partial charge in [-0.25, -0.2) is 8.78 Å². The Bertz CT molecular complexity index is 911. The van der Waals surface area contributed by atoms with Gasteiger partial charge in [-0.3, -0.25) is 14.6 Å². The highest BCUT2D eigenvalue weighted by Gasteiger charge is 2.25. The molecule has 1 unspecified atom stereocenters. The molecule has 1 fully saturated rings. The van der Waals surface area contributed by atoms with E-state index in [-0.39, 0.29) is 43.4 Å². The van der Waals surface area contributed by atoms with E-state index in [1.54, 1.807) is 36.2 Å². The Balaban J connectivity index is 1.58. The van der Waals surface area contributed by atoms with Crippen LogP contribution in [0.4, 0.5) is 8.78 Å². The van der Waals surface area contributed by atoms with Crippen molar-refractivity contribution in [2.45, 2.75) is 19.4 Å². The molecule has 0 radical (unpaired) electrons. The first-order chi connectivity index (χ1) is 14.5. The lowest BCUT2D eigenvalue weighted by Gasteiger charge is -2.32. The van der Waals surface area contributed by atoms with Crippen molar-refractivity contribution in [1.82, 2.24) is 9.88 Å². The highest BCUT2D eigenvalue weighted by molar-refractivity contribution is 5.96. The molecule has 2 aromatic rings. The van der Waals surface area contributed by atoms with Crippen LogP contribution >= 0.6 is 0 Å². The summed E-state index contributed by atoms with van der Waals surface area (Å²) in [6.45, 7) is 2.38. The van der Waals surface area contributed by atoms with Crippen molar-refractivity contribution in [3.8, 4) is 5.75 Å². The Morgan fingerprint density at radius 2 is 2.07 bits per heavy atom. The molecular weight excluding hydrogens is 394 g/mol. The molecule has 1 amide bonds. The van der Waals surface area contributed by atoms with E-state index in [1.807, 2.05) is 6.07 Å². The molecule has 1 aliphatic heterocycles. The number of rotatable bonds is 7. The zero-order valence-electron chi connectivity index (χ0n) is 16.5. The molecule has 158 valence electrons. The van der Waals surface area contributed by atoms with E-state index >= 15 is 0 Å². The number of nitrogens with zero attached hydrogens (tertiary/aromatic N) is 2. The number of aromatic nitrogens is 1. The van der Waals surface area contributed by atoms with E-state index in [0.29, 0.717) is 12.2 Å². The fourth-order valence-electron chi connectivity index (χ4n) is 3.00. The Morgan fingerprint density at radius 1 is 1.30 bits per heavy atom. The number of hydrogen-bond acceptors (Lipinski definition) is 5. The first kappa shape index (κ1) is 21.6. The SMILES string of the molecule is CCC(=O)c1cc(F)c(OCC2CN(C(=O)/C=C/c3ccccn3)CCO2)c(F)c1. The maximum absolute atomic E-state index is 14.2. The zero-order valence-corrected chi connectivity index (χ0v) is 16.5. The lowest BCUT2D eigenvalue weighted by atomic mass is 10.1. The number of morpholine rings is 1. The van der Waals surface area contributed by atoms with Crippen LogP contribution in [0.2, 0.25) is 0 Å². The van der Waals surface area contributed by atoms with Gasteiger partial charge in [-0.1, -0.05) is 13.0 Å². The summed E-state index contributed by atoms with van der Waals surface area (Å²) in [7, 11) is 0. The number of benzene rings is 1. The van der Waals surface area contributed by atoms with Gasteiger partial charge in [0.15, 0.2) is 23.2 Å². The summed E-state index contributed by atoms with van der Waals surface area (Å²) in [5.41, 5.74) is 0.625. The van der Waals surface area contributed by atoms with Crippen LogP contribution in [-0.4, -0.2) is 54.0 Å². The van der Waals surface area contributed by atoms with Gasteiger partial charge in [0.2, 0.25) is 5.91 Å². The first-order valence-electron chi connectivity index (χ1n) is 9.62. The maximum atomic E-state index is 14.2. The molecule has 0 spiro atoms. The van der Waals surface area contributed by atoms with Crippen molar-refractivity contribution in [2.24, 2.45) is 0 Å². The van der Waals surface area contributed by atoms with Crippen molar-refractivity contribution in [3.63, 3.8) is 0 Å². The Labute approximate surface area is 173 Å². The second-order valence-electron chi connectivity index (χ2n) is 6.72. The van der Waals surface area contributed by atoms with Crippen LogP contribution in [0.1, 0.15) is 29.4 Å². The summed E-state index contributed by atoms with van der Waals surface area (Å²) in [5.74, 6) is -3.04. The number of hydrogen-bond donors (Lipinski definition) is 0. The second-order valence-corrected chi connectivity index (χ2v) is 6.72. The Morgan fingerprint density at radius 3 is 2.73 bits per heavy atom. The molecule has 0 N–H and O–H groups in total. The molecule has 0 saturated carbocycles. The summed E-state index contributed by atoms with van der Waals surface area (Å²) in [5, 5.41) is 0. The highest BCUT2D eigenvalue weighted by Crippen LogP contribution is 2.24. The Kier molecular flexibility index (Phi) is 7.24. The number of carbonyl (C=O) groups excluding carboxylic acids is 2. The van der Waals surface area contributed by atoms with E-state index in [0.717, 1.165) is 12.1 Å². The predicted octanol–water partition coefficient (Wildman–Crippen LogP) is 3.27. The van der Waals surface area contributed by atoms with E-state index < -0.39 is 23.5 Å². The minimum atomic E-state index is -0.950. The second kappa shape index (κ2) is 10.1. The molecule has 1 aliphatic rings. The summed E-state index contributed by atoms with van der Waals surface area (Å²) >= 11 is 0. The van der Waals surface area contributed by atoms with Crippen LogP contribution in [0, 0.1) is 11.6 Å². The van der Waals surface area contributed by atoms with E-state index in [1.165, 1.54) is 6.08 Å². The summed E-state index contributed by atoms with van der Waals surface area (Å²) < 4.78 is 39.2. The van der Waals surface area contributed by atoms with Crippen LogP contribution in [0.25, 0.3) is 6.08 Å². The van der Waals surface area contributed by atoms with E-state index in [9.17, 15) is 18.4 Å². The van der Waals surface area contributed by atoms with Gasteiger partial charge in [0.25, 0.3) is 0 Å². The number of carbonyl (C=O) groups is 2. The smallest absolute Gasteiger partial charge is 0.246 e. The molecule has 1 atom stereocenters. The quantitative estimate of drug-likeness (QED) is 0.512. The lowest BCUT2D eigenvalue weighted by molar-refractivity contribution is -0.134. The normalized spacial score (nSPS) is 16.6. The van der Waals surface area contributed by atoms with Gasteiger partial charge in [0.1, 0.15) is 12.7 Å². The molecule has 1 aromatic carbocycles. The predicted molar refractivity (Wildman–Crippen MR) is 106 cm³/mol. The largest absolute Gasteiger partial charge is 0.485 e. The number of Topliss-reactive ketones (excluding diaryl/α,β-unsaturated/α-hetero) is 1. The maximum Gasteiger partial charge on any atom is 0.246 e. The van der Waals surface area contributed by atoms with Crippen LogP contribution in [0.15, 0.2) is 42.6 Å². The fraction of sp³-hybridized carbons (Fsp3) is 0.318. The van der Waals surface area contributed by atoms with Crippen LogP contribution < -0.4 is 4.74 Å². The molecule has 1 aromatic heterocycles. The number of halogens is 2. The number of ketones is 1. The van der Waals surface area contributed by atoms with Gasteiger partial charge in [0, 0.05) is 30.8 Å². The third-order valence-corrected chi connectivity index (χ3v) is 4.59. The minimum absolute atomic E-state index is 0.0368. The minimum Gasteiger partial charge on any atom is -0.485 e. The Hall–Kier alpha value is -3.13. The lowest BCUT2D eigenvalue weighted by Crippen LogP contribution is -2.47. The van der Waals surface area contributed by atoms with Crippen molar-refractivity contribution in [1.29, 1.82) is 0 Å². The first-order valence-corrected chi connectivity index (χ1v) is 9.62. The van der Waals surface area contributed by atoms with Gasteiger partial charge < -0.3 is 14.4 Å². The standard InChI is InChI=1S/C22H22F2N2O4/c1-2-20(27)15-11-18(23)22(19(24)12-15)30-14-17-13-26(9-10-29-17)21(28)7-6-16-5-3-4-8-25-16/h3-8,11-12,17H,2,9-10,13-14H2,1H3/b7-6+. The molecule has 1 saturated heterocycles. The topological polar surface area (TPSA) is 68.7 Å². The summed E-state index contributed by atoms with van der Waals surface area (Å²) in [6, 6.07) is 7.31. The molecule has 2 heterocycles. The van der Waals surface area contributed by atoms with Gasteiger partial charge in [-0.05, 0) is 30.3 Å². The summed E-state index contributed by atoms with van der Waals surface area (Å²) in [6.07, 6.45) is 4.28. The van der Waals surface area contributed by atoms with Crippen molar-refractivity contribution >= 4 is 17.8 Å². The summed E-state index contributed by atoms with van der Waals surface area (Å²) in [4.78, 5) is 29.7. The fourth-order valence-corrected chi connectivity index (χ4v) is 3.00. The molecular formula is C22H22F2N2O4. The van der Waals surface area contributed by atoms with Crippen molar-refractivity contribution < 1.29 is 27.8 Å². The third kappa shape index (κ3) is 5.48. The van der Waals surface area contributed by atoms with Crippen LogP contribution in [0.3, 0.4) is 0 Å². The van der Waals surface area contributed by atoms with E-state index in [2.05, 4.69) is 4.98 Å². The van der Waals surface area contributed by atoms with E-state index in [4.69, 9.17) is 9.47 Å². The van der Waals surface area contributed by atoms with Gasteiger partial charge in [-0.15, -0.1) is 0 Å². The highest BCUT2D eigenvalue weighted by atomic mass is 19.1. The average molecular weight is 416 g/mol. The van der Waals surface area contributed by atoms with Gasteiger partial charge in [0.05, 0.1) is 18.8 Å². The molecule has 3 rings (SSSR count). The van der Waals surface area contributed by atoms with Crippen molar-refractivity contribution in [3.05, 3.63) is 65.5 Å². The monoisotopic (exact) mass is 416 g/mol. The number of ether oxygens (including phenoxy) is 2. The average Bonchev–Trinajstić information content (AvgIpc) is 2.77. The van der Waals surface area contributed by atoms with Crippen LogP contribution in [-0.2, 0) is 9.53 Å². The molecule has 30 heavy (non-hydrogen) atoms. The number of pyridine rings is 1. The molecule has 6 nitrogen and oxygen atoms in total.